The van der Waals surface area contributed by atoms with Crippen molar-refractivity contribution < 1.29 is 9.59 Å². The molecule has 0 aromatic heterocycles. The number of hydrogen-bond donors (Lipinski definition) is 0. The molecule has 2 nitrogen and oxygen atoms in total. The lowest BCUT2D eigenvalue weighted by Crippen LogP contribution is -1.99. The normalized spacial score (nSPS) is 9.04. The van der Waals surface area contributed by atoms with Gasteiger partial charge in [0, 0.05) is 16.5 Å². The molecule has 0 saturated heterocycles. The Kier molecular flexibility index (Phi) is 14.2. The van der Waals surface area contributed by atoms with Gasteiger partial charge in [-0.3, -0.25) is 9.59 Å². The smallest absolute Gasteiger partial charge is 0.253 e. The summed E-state index contributed by atoms with van der Waals surface area (Å²) in [6.07, 6.45) is 2.60. The average Bonchev–Trinajstić information content (AvgIpc) is 2.57. The van der Waals surface area contributed by atoms with Gasteiger partial charge in [-0.15, -0.1) is 9.24 Å². The van der Waals surface area contributed by atoms with E-state index in [-0.39, 0.29) is 11.1 Å². The van der Waals surface area contributed by atoms with Crippen LogP contribution in [0, 0.1) is 0 Å². The van der Waals surface area contributed by atoms with E-state index in [9.17, 15) is 9.59 Å². The van der Waals surface area contributed by atoms with E-state index in [2.05, 4.69) is 32.1 Å². The first kappa shape index (κ1) is 23.3. The van der Waals surface area contributed by atoms with Crippen LogP contribution in [0.2, 0.25) is 0 Å². The summed E-state index contributed by atoms with van der Waals surface area (Å²) in [5.74, 6) is 0. The van der Waals surface area contributed by atoms with Crippen molar-refractivity contribution >= 4 is 64.2 Å². The van der Waals surface area contributed by atoms with Crippen molar-refractivity contribution in [3.63, 3.8) is 0 Å². The summed E-state index contributed by atoms with van der Waals surface area (Å²) < 4.78 is 0. The standard InChI is InChI=1S/C8H4Cl2O2.C6H7P.C4H9Br/c9-7(11)5-3-1-2-4-6(5)8(10)12;7-6-4-2-1-3-5-6;1-2-3-4-5/h1-4H;1-5H,7H2;2-4H2,1H3. The zero-order valence-corrected chi connectivity index (χ0v) is 17.6. The molecule has 0 fully saturated rings. The van der Waals surface area contributed by atoms with Crippen LogP contribution in [-0.2, 0) is 0 Å². The fourth-order valence-electron chi connectivity index (χ4n) is 1.41. The minimum atomic E-state index is -0.681. The van der Waals surface area contributed by atoms with E-state index in [1.807, 2.05) is 30.3 Å². The number of rotatable bonds is 4. The summed E-state index contributed by atoms with van der Waals surface area (Å²) in [5.41, 5.74) is 0.276. The summed E-state index contributed by atoms with van der Waals surface area (Å²) in [4.78, 5) is 21.5. The SMILES string of the molecule is CCCCBr.O=C(Cl)c1ccccc1C(=O)Cl.Pc1ccccc1. The molecule has 2 rings (SSSR count). The third kappa shape index (κ3) is 10.9. The van der Waals surface area contributed by atoms with Crippen molar-refractivity contribution in [1.29, 1.82) is 0 Å². The zero-order chi connectivity index (χ0) is 18.4. The maximum atomic E-state index is 10.7. The van der Waals surface area contributed by atoms with Gasteiger partial charge in [0.15, 0.2) is 0 Å². The van der Waals surface area contributed by atoms with Crippen molar-refractivity contribution in [2.45, 2.75) is 19.8 Å². The lowest BCUT2D eigenvalue weighted by molar-refractivity contribution is 0.105. The molecule has 0 radical (unpaired) electrons. The third-order valence-electron chi connectivity index (χ3n) is 2.64. The van der Waals surface area contributed by atoms with Crippen LogP contribution in [0.4, 0.5) is 0 Å². The third-order valence-corrected chi connectivity index (χ3v) is 3.99. The molecule has 0 aliphatic rings. The number of alkyl halides is 1. The highest BCUT2D eigenvalue weighted by Gasteiger charge is 2.12. The van der Waals surface area contributed by atoms with Crippen molar-refractivity contribution in [1.82, 2.24) is 0 Å². The van der Waals surface area contributed by atoms with Crippen molar-refractivity contribution in [3.05, 3.63) is 65.7 Å². The molecular formula is C18H20BrCl2O2P. The van der Waals surface area contributed by atoms with Crippen LogP contribution in [0.15, 0.2) is 54.6 Å². The summed E-state index contributed by atoms with van der Waals surface area (Å²) in [6.45, 7) is 2.18. The van der Waals surface area contributed by atoms with Crippen LogP contribution in [0.3, 0.4) is 0 Å². The molecule has 1 unspecified atom stereocenters. The van der Waals surface area contributed by atoms with Crippen LogP contribution in [0.1, 0.15) is 40.5 Å². The van der Waals surface area contributed by atoms with Crippen LogP contribution in [-0.4, -0.2) is 15.8 Å². The Labute approximate surface area is 164 Å². The Balaban J connectivity index is 0.000000373. The predicted molar refractivity (Wildman–Crippen MR) is 111 cm³/mol. The lowest BCUT2D eigenvalue weighted by Gasteiger charge is -1.98. The summed E-state index contributed by atoms with van der Waals surface area (Å²) in [5, 5.41) is 1.03. The molecule has 2 aromatic rings. The second kappa shape index (κ2) is 14.6. The second-order valence-corrected chi connectivity index (χ2v) is 6.69. The number of benzene rings is 2. The van der Waals surface area contributed by atoms with Crippen LogP contribution >= 0.6 is 48.4 Å². The van der Waals surface area contributed by atoms with Gasteiger partial charge >= 0.3 is 0 Å². The van der Waals surface area contributed by atoms with E-state index in [0.29, 0.717) is 0 Å². The van der Waals surface area contributed by atoms with E-state index >= 15 is 0 Å². The van der Waals surface area contributed by atoms with Crippen molar-refractivity contribution in [2.75, 3.05) is 5.33 Å². The number of halogens is 3. The van der Waals surface area contributed by atoms with E-state index < -0.39 is 10.5 Å². The highest BCUT2D eigenvalue weighted by molar-refractivity contribution is 9.09. The van der Waals surface area contributed by atoms with Crippen molar-refractivity contribution in [3.8, 4) is 0 Å². The Morgan fingerprint density at radius 3 is 1.54 bits per heavy atom. The maximum Gasteiger partial charge on any atom is 0.253 e. The van der Waals surface area contributed by atoms with Gasteiger partial charge in [-0.1, -0.05) is 71.7 Å². The molecule has 0 heterocycles. The van der Waals surface area contributed by atoms with Crippen LogP contribution < -0.4 is 5.30 Å². The van der Waals surface area contributed by atoms with E-state index in [4.69, 9.17) is 23.2 Å². The molecule has 0 amide bonds. The average molecular weight is 450 g/mol. The summed E-state index contributed by atoms with van der Waals surface area (Å²) >= 11 is 13.7. The minimum absolute atomic E-state index is 0.138. The molecule has 0 spiro atoms. The molecule has 24 heavy (non-hydrogen) atoms. The lowest BCUT2D eigenvalue weighted by atomic mass is 10.1. The first-order valence-corrected chi connectivity index (χ1v) is 9.74. The Morgan fingerprint density at radius 2 is 1.33 bits per heavy atom. The Morgan fingerprint density at radius 1 is 0.917 bits per heavy atom. The van der Waals surface area contributed by atoms with Crippen LogP contribution in [0.25, 0.3) is 0 Å². The van der Waals surface area contributed by atoms with Gasteiger partial charge in [0.05, 0.1) is 0 Å². The second-order valence-electron chi connectivity index (χ2n) is 4.55. The number of hydrogen-bond acceptors (Lipinski definition) is 2. The Hall–Kier alpha value is -0.730. The molecule has 0 bridgehead atoms. The topological polar surface area (TPSA) is 34.1 Å². The first-order chi connectivity index (χ1) is 11.4. The molecule has 0 aliphatic carbocycles. The molecule has 1 atom stereocenters. The van der Waals surface area contributed by atoms with Gasteiger partial charge in [0.2, 0.25) is 0 Å². The monoisotopic (exact) mass is 448 g/mol. The van der Waals surface area contributed by atoms with Crippen LogP contribution in [0.5, 0.6) is 0 Å². The van der Waals surface area contributed by atoms with Gasteiger partial charge < -0.3 is 0 Å². The van der Waals surface area contributed by atoms with Crippen molar-refractivity contribution in [2.24, 2.45) is 0 Å². The minimum Gasteiger partial charge on any atom is -0.276 e. The quantitative estimate of drug-likeness (QED) is 0.335. The maximum absolute atomic E-state index is 10.7. The number of carbonyl (C=O) groups excluding carboxylic acids is 2. The van der Waals surface area contributed by atoms with Gasteiger partial charge in [0.25, 0.3) is 10.5 Å². The molecule has 2 aromatic carbocycles. The number of unbranched alkanes of at least 4 members (excludes halogenated alkanes) is 1. The number of carbonyl (C=O) groups is 2. The summed E-state index contributed by atoms with van der Waals surface area (Å²) in [7, 11) is 2.63. The molecule has 0 aliphatic heterocycles. The van der Waals surface area contributed by atoms with Gasteiger partial charge in [0.1, 0.15) is 0 Å². The Bertz CT molecular complexity index is 586. The fraction of sp³-hybridized carbons (Fsp3) is 0.222. The van der Waals surface area contributed by atoms with Gasteiger partial charge in [-0.2, -0.15) is 0 Å². The fourth-order valence-corrected chi connectivity index (χ4v) is 2.53. The zero-order valence-electron chi connectivity index (χ0n) is 13.3. The summed E-state index contributed by atoms with van der Waals surface area (Å²) in [6, 6.07) is 16.3. The highest BCUT2D eigenvalue weighted by Crippen LogP contribution is 2.13. The van der Waals surface area contributed by atoms with Gasteiger partial charge in [-0.25, -0.2) is 0 Å². The van der Waals surface area contributed by atoms with E-state index in [0.717, 1.165) is 5.33 Å². The molecule has 130 valence electrons. The molecule has 0 N–H and O–H groups in total. The molecule has 6 heteroatoms. The largest absolute Gasteiger partial charge is 0.276 e. The molecular weight excluding hydrogens is 430 g/mol. The first-order valence-electron chi connectivity index (χ1n) is 7.29. The van der Waals surface area contributed by atoms with E-state index in [1.54, 1.807) is 12.1 Å². The van der Waals surface area contributed by atoms with Gasteiger partial charge in [-0.05, 0) is 47.1 Å². The predicted octanol–water partition coefficient (Wildman–Crippen LogP) is 5.81. The molecule has 0 saturated carbocycles. The van der Waals surface area contributed by atoms with E-state index in [1.165, 1.54) is 30.3 Å². The highest BCUT2D eigenvalue weighted by atomic mass is 79.9.